The molecule has 0 unspecified atom stereocenters. The molecule has 32 heavy (non-hydrogen) atoms. The summed E-state index contributed by atoms with van der Waals surface area (Å²) in [5, 5.41) is 2.96. The number of sulfonamides is 1. The molecule has 0 spiro atoms. The molecule has 0 saturated carbocycles. The molecule has 7 heteroatoms. The third-order valence-corrected chi connectivity index (χ3v) is 7.43. The Labute approximate surface area is 194 Å². The number of hydrogen-bond acceptors (Lipinski definition) is 4. The van der Waals surface area contributed by atoms with Crippen LogP contribution >= 0.6 is 11.8 Å². The van der Waals surface area contributed by atoms with Gasteiger partial charge in [0.1, 0.15) is 6.04 Å². The standard InChI is InChI=1S/C25H28N2O3S2/c1-18-9-15-23(16-10-18)32(29,30)27-24(17-20-7-5-4-6-8-20)25(28)26-19(2)21-11-13-22(31-3)14-12-21/h4-16,19,24,27H,17H2,1-3H3,(H,26,28)/t19-,24+/m1/s1. The number of hydrogen-bond donors (Lipinski definition) is 2. The zero-order valence-electron chi connectivity index (χ0n) is 18.4. The summed E-state index contributed by atoms with van der Waals surface area (Å²) in [6, 6.07) is 22.7. The van der Waals surface area contributed by atoms with Gasteiger partial charge in [0.25, 0.3) is 0 Å². The van der Waals surface area contributed by atoms with Crippen LogP contribution in [0, 0.1) is 6.92 Å². The van der Waals surface area contributed by atoms with Crippen molar-refractivity contribution in [1.29, 1.82) is 0 Å². The highest BCUT2D eigenvalue weighted by Crippen LogP contribution is 2.19. The van der Waals surface area contributed by atoms with E-state index in [1.54, 1.807) is 36.0 Å². The average molecular weight is 469 g/mol. The Morgan fingerprint density at radius 2 is 1.56 bits per heavy atom. The smallest absolute Gasteiger partial charge is 0.241 e. The van der Waals surface area contributed by atoms with Crippen molar-refractivity contribution in [2.45, 2.75) is 42.1 Å². The molecule has 5 nitrogen and oxygen atoms in total. The first kappa shape index (κ1) is 24.0. The van der Waals surface area contributed by atoms with Gasteiger partial charge in [0.2, 0.25) is 15.9 Å². The van der Waals surface area contributed by atoms with Crippen molar-refractivity contribution in [3.8, 4) is 0 Å². The molecule has 0 aliphatic rings. The summed E-state index contributed by atoms with van der Waals surface area (Å²) in [5.74, 6) is -0.369. The summed E-state index contributed by atoms with van der Waals surface area (Å²) in [6.07, 6.45) is 2.25. The highest BCUT2D eigenvalue weighted by atomic mass is 32.2. The van der Waals surface area contributed by atoms with Crippen molar-refractivity contribution in [3.63, 3.8) is 0 Å². The zero-order valence-corrected chi connectivity index (χ0v) is 20.0. The molecule has 2 atom stereocenters. The van der Waals surface area contributed by atoms with Crippen molar-refractivity contribution in [2.24, 2.45) is 0 Å². The molecule has 0 heterocycles. The summed E-state index contributed by atoms with van der Waals surface area (Å²) in [5.41, 5.74) is 2.79. The second-order valence-electron chi connectivity index (χ2n) is 7.68. The van der Waals surface area contributed by atoms with Gasteiger partial charge in [0.05, 0.1) is 10.9 Å². The van der Waals surface area contributed by atoms with Crippen molar-refractivity contribution in [1.82, 2.24) is 10.0 Å². The number of carbonyl (C=O) groups is 1. The van der Waals surface area contributed by atoms with E-state index in [4.69, 9.17) is 0 Å². The molecular weight excluding hydrogens is 440 g/mol. The fraction of sp³-hybridized carbons (Fsp3) is 0.240. The van der Waals surface area contributed by atoms with Gasteiger partial charge >= 0.3 is 0 Å². The fourth-order valence-electron chi connectivity index (χ4n) is 3.30. The molecule has 3 rings (SSSR count). The van der Waals surface area contributed by atoms with Crippen molar-refractivity contribution >= 4 is 27.7 Å². The normalized spacial score (nSPS) is 13.3. The van der Waals surface area contributed by atoms with Crippen LogP contribution in [0.25, 0.3) is 0 Å². The molecule has 1 amide bonds. The third kappa shape index (κ3) is 6.45. The minimum Gasteiger partial charge on any atom is -0.348 e. The fourth-order valence-corrected chi connectivity index (χ4v) is 4.90. The number of benzene rings is 3. The topological polar surface area (TPSA) is 75.3 Å². The number of aryl methyl sites for hydroxylation is 1. The molecule has 3 aromatic rings. The molecule has 0 fully saturated rings. The molecule has 0 radical (unpaired) electrons. The molecule has 0 aromatic heterocycles. The van der Waals surface area contributed by atoms with Crippen LogP contribution in [0.15, 0.2) is 88.7 Å². The Balaban J connectivity index is 1.81. The van der Waals surface area contributed by atoms with Gasteiger partial charge in [-0.2, -0.15) is 4.72 Å². The minimum absolute atomic E-state index is 0.134. The van der Waals surface area contributed by atoms with Gasteiger partial charge < -0.3 is 5.32 Å². The largest absolute Gasteiger partial charge is 0.348 e. The highest BCUT2D eigenvalue weighted by molar-refractivity contribution is 7.98. The highest BCUT2D eigenvalue weighted by Gasteiger charge is 2.27. The summed E-state index contributed by atoms with van der Waals surface area (Å²) < 4.78 is 28.6. The summed E-state index contributed by atoms with van der Waals surface area (Å²) in [4.78, 5) is 14.4. The van der Waals surface area contributed by atoms with Gasteiger partial charge in [-0.05, 0) is 61.9 Å². The number of amides is 1. The predicted molar refractivity (Wildman–Crippen MR) is 130 cm³/mol. The lowest BCUT2D eigenvalue weighted by molar-refractivity contribution is -0.123. The van der Waals surface area contributed by atoms with E-state index in [1.807, 2.05) is 74.7 Å². The summed E-state index contributed by atoms with van der Waals surface area (Å²) >= 11 is 1.65. The number of thioether (sulfide) groups is 1. The van der Waals surface area contributed by atoms with E-state index in [0.29, 0.717) is 0 Å². The van der Waals surface area contributed by atoms with Crippen LogP contribution in [0.1, 0.15) is 29.7 Å². The first-order valence-corrected chi connectivity index (χ1v) is 13.1. The number of carbonyl (C=O) groups excluding carboxylic acids is 1. The Hall–Kier alpha value is -2.61. The molecule has 0 bridgehead atoms. The van der Waals surface area contributed by atoms with E-state index in [-0.39, 0.29) is 23.3 Å². The Kier molecular flexibility index (Phi) is 8.12. The van der Waals surface area contributed by atoms with Crippen LogP contribution in [-0.2, 0) is 21.2 Å². The SMILES string of the molecule is CSc1ccc([C@@H](C)NC(=O)[C@H](Cc2ccccc2)NS(=O)(=O)c2ccc(C)cc2)cc1. The van der Waals surface area contributed by atoms with E-state index in [0.717, 1.165) is 21.6 Å². The minimum atomic E-state index is -3.86. The van der Waals surface area contributed by atoms with Crippen LogP contribution in [0.3, 0.4) is 0 Å². The van der Waals surface area contributed by atoms with E-state index in [2.05, 4.69) is 10.0 Å². The lowest BCUT2D eigenvalue weighted by Crippen LogP contribution is -2.48. The molecule has 0 aliphatic carbocycles. The molecule has 0 aliphatic heterocycles. The third-order valence-electron chi connectivity index (χ3n) is 5.20. The molecular formula is C25H28N2O3S2. The van der Waals surface area contributed by atoms with Crippen molar-refractivity contribution < 1.29 is 13.2 Å². The van der Waals surface area contributed by atoms with Crippen LogP contribution in [0.2, 0.25) is 0 Å². The van der Waals surface area contributed by atoms with E-state index >= 15 is 0 Å². The Morgan fingerprint density at radius 3 is 2.16 bits per heavy atom. The summed E-state index contributed by atoms with van der Waals surface area (Å²) in [7, 11) is -3.86. The molecule has 0 saturated heterocycles. The quantitative estimate of drug-likeness (QED) is 0.454. The molecule has 2 N–H and O–H groups in total. The van der Waals surface area contributed by atoms with Crippen LogP contribution < -0.4 is 10.0 Å². The molecule has 168 valence electrons. The lowest BCUT2D eigenvalue weighted by atomic mass is 10.0. The predicted octanol–water partition coefficient (Wildman–Crippen LogP) is 4.48. The van der Waals surface area contributed by atoms with Gasteiger partial charge in [-0.25, -0.2) is 8.42 Å². The van der Waals surface area contributed by atoms with Gasteiger partial charge in [0.15, 0.2) is 0 Å². The molecule has 3 aromatic carbocycles. The first-order valence-electron chi connectivity index (χ1n) is 10.4. The second-order valence-corrected chi connectivity index (χ2v) is 10.3. The van der Waals surface area contributed by atoms with Gasteiger partial charge in [-0.3, -0.25) is 4.79 Å². The zero-order chi connectivity index (χ0) is 23.1. The van der Waals surface area contributed by atoms with Gasteiger partial charge in [-0.1, -0.05) is 60.2 Å². The summed E-state index contributed by atoms with van der Waals surface area (Å²) in [6.45, 7) is 3.78. The van der Waals surface area contributed by atoms with Crippen molar-refractivity contribution in [2.75, 3.05) is 6.26 Å². The van der Waals surface area contributed by atoms with Crippen molar-refractivity contribution in [3.05, 3.63) is 95.6 Å². The average Bonchev–Trinajstić information content (AvgIpc) is 2.79. The maximum Gasteiger partial charge on any atom is 0.241 e. The second kappa shape index (κ2) is 10.8. The Morgan fingerprint density at radius 1 is 0.938 bits per heavy atom. The first-order chi connectivity index (χ1) is 15.3. The monoisotopic (exact) mass is 468 g/mol. The van der Waals surface area contributed by atoms with Crippen LogP contribution in [-0.4, -0.2) is 26.6 Å². The maximum absolute atomic E-state index is 13.2. The Bertz CT molecular complexity index is 1130. The number of rotatable bonds is 9. The number of nitrogens with one attached hydrogen (secondary N) is 2. The maximum atomic E-state index is 13.2. The van der Waals surface area contributed by atoms with E-state index in [9.17, 15) is 13.2 Å². The van der Waals surface area contributed by atoms with Crippen LogP contribution in [0.5, 0.6) is 0 Å². The van der Waals surface area contributed by atoms with Gasteiger partial charge in [-0.15, -0.1) is 11.8 Å². The van der Waals surface area contributed by atoms with Crippen LogP contribution in [0.4, 0.5) is 0 Å². The van der Waals surface area contributed by atoms with Gasteiger partial charge in [0, 0.05) is 4.90 Å². The van der Waals surface area contributed by atoms with E-state index in [1.165, 1.54) is 0 Å². The lowest BCUT2D eigenvalue weighted by Gasteiger charge is -2.22. The van der Waals surface area contributed by atoms with E-state index < -0.39 is 16.1 Å².